The number of ether oxygens (including phenoxy) is 4. The van der Waals surface area contributed by atoms with E-state index in [-0.39, 0.29) is 34.9 Å². The lowest BCUT2D eigenvalue weighted by atomic mass is 10.1. The Bertz CT molecular complexity index is 1410. The smallest absolute Gasteiger partial charge is 0.254 e. The van der Waals surface area contributed by atoms with Crippen molar-refractivity contribution in [1.29, 1.82) is 0 Å². The van der Waals surface area contributed by atoms with Crippen LogP contribution in [0.3, 0.4) is 0 Å². The Morgan fingerprint density at radius 1 is 0.895 bits per heavy atom. The molecular formula is C27H31FN2O7S. The third kappa shape index (κ3) is 6.28. The molecule has 1 unspecified atom stereocenters. The van der Waals surface area contributed by atoms with Crippen molar-refractivity contribution >= 4 is 21.6 Å². The highest BCUT2D eigenvalue weighted by Crippen LogP contribution is 2.37. The summed E-state index contributed by atoms with van der Waals surface area (Å²) in [5.74, 6) is 0.300. The summed E-state index contributed by atoms with van der Waals surface area (Å²) in [6, 6.07) is 13.3. The molecular weight excluding hydrogens is 515 g/mol. The molecule has 1 atom stereocenters. The van der Waals surface area contributed by atoms with E-state index in [2.05, 4.69) is 5.32 Å². The molecule has 3 rings (SSSR count). The molecule has 0 saturated carbocycles. The molecule has 38 heavy (non-hydrogen) atoms. The van der Waals surface area contributed by atoms with E-state index in [0.29, 0.717) is 11.5 Å². The van der Waals surface area contributed by atoms with E-state index in [0.717, 1.165) is 16.1 Å². The topological polar surface area (TPSA) is 103 Å². The Labute approximate surface area is 222 Å². The van der Waals surface area contributed by atoms with Gasteiger partial charge in [-0.05, 0) is 36.8 Å². The minimum atomic E-state index is -3.97. The zero-order chi connectivity index (χ0) is 28.0. The molecule has 0 saturated heterocycles. The second-order valence-corrected chi connectivity index (χ2v) is 10.3. The average Bonchev–Trinajstić information content (AvgIpc) is 2.90. The highest BCUT2D eigenvalue weighted by Gasteiger charge is 2.28. The van der Waals surface area contributed by atoms with Crippen LogP contribution in [0.1, 0.15) is 34.5 Å². The second kappa shape index (κ2) is 12.0. The van der Waals surface area contributed by atoms with Crippen molar-refractivity contribution in [1.82, 2.24) is 5.32 Å². The second-order valence-electron chi connectivity index (χ2n) is 8.39. The first-order valence-electron chi connectivity index (χ1n) is 11.5. The third-order valence-corrected chi connectivity index (χ3v) is 7.07. The van der Waals surface area contributed by atoms with Gasteiger partial charge in [-0.25, -0.2) is 12.8 Å². The van der Waals surface area contributed by atoms with Gasteiger partial charge in [-0.1, -0.05) is 24.3 Å². The zero-order valence-electron chi connectivity index (χ0n) is 22.1. The van der Waals surface area contributed by atoms with Crippen molar-refractivity contribution in [2.24, 2.45) is 0 Å². The molecule has 0 aromatic heterocycles. The molecule has 1 amide bonds. The van der Waals surface area contributed by atoms with E-state index in [1.54, 1.807) is 31.2 Å². The van der Waals surface area contributed by atoms with E-state index >= 15 is 0 Å². The summed E-state index contributed by atoms with van der Waals surface area (Å²) in [4.78, 5) is 13.6. The van der Waals surface area contributed by atoms with Crippen LogP contribution in [0.25, 0.3) is 0 Å². The number of sulfonamides is 1. The van der Waals surface area contributed by atoms with Gasteiger partial charge in [0.15, 0.2) is 23.0 Å². The average molecular weight is 547 g/mol. The molecule has 11 heteroatoms. The van der Waals surface area contributed by atoms with E-state index in [4.69, 9.17) is 18.9 Å². The third-order valence-electron chi connectivity index (χ3n) is 5.94. The summed E-state index contributed by atoms with van der Waals surface area (Å²) >= 11 is 0. The Kier molecular flexibility index (Phi) is 9.05. The lowest BCUT2D eigenvalue weighted by Crippen LogP contribution is -2.33. The number of methoxy groups -OCH3 is 4. The first-order chi connectivity index (χ1) is 18.0. The van der Waals surface area contributed by atoms with Gasteiger partial charge in [0.1, 0.15) is 5.82 Å². The largest absolute Gasteiger partial charge is 0.493 e. The summed E-state index contributed by atoms with van der Waals surface area (Å²) in [7, 11) is 1.86. The molecule has 0 aliphatic rings. The van der Waals surface area contributed by atoms with Gasteiger partial charge in [0.2, 0.25) is 10.0 Å². The highest BCUT2D eigenvalue weighted by atomic mass is 32.2. The van der Waals surface area contributed by atoms with Crippen molar-refractivity contribution in [2.75, 3.05) is 39.0 Å². The van der Waals surface area contributed by atoms with Gasteiger partial charge in [-0.15, -0.1) is 0 Å². The molecule has 204 valence electrons. The number of nitrogens with zero attached hydrogens (tertiary/aromatic N) is 1. The fraction of sp³-hybridized carbons (Fsp3) is 0.296. The number of anilines is 1. The van der Waals surface area contributed by atoms with Gasteiger partial charge in [-0.2, -0.15) is 0 Å². The summed E-state index contributed by atoms with van der Waals surface area (Å²) < 4.78 is 62.7. The minimum absolute atomic E-state index is 0.00302. The van der Waals surface area contributed by atoms with Crippen molar-refractivity contribution in [3.63, 3.8) is 0 Å². The Hall–Kier alpha value is -3.99. The molecule has 0 aliphatic heterocycles. The van der Waals surface area contributed by atoms with Gasteiger partial charge in [-0.3, -0.25) is 9.10 Å². The molecule has 0 radical (unpaired) electrons. The Balaban J connectivity index is 2.08. The first kappa shape index (κ1) is 28.6. The SMILES string of the molecule is COc1ccc(C(C)NC(=O)c2cc(OC)c(OC)cc2N(Cc2ccccc2F)S(C)(=O)=O)cc1OC. The van der Waals surface area contributed by atoms with E-state index in [1.807, 2.05) is 0 Å². The normalized spacial score (nSPS) is 11.9. The number of hydrogen-bond acceptors (Lipinski definition) is 7. The molecule has 0 spiro atoms. The summed E-state index contributed by atoms with van der Waals surface area (Å²) in [6.45, 7) is 1.43. The van der Waals surface area contributed by atoms with Crippen molar-refractivity contribution in [3.05, 3.63) is 77.1 Å². The fourth-order valence-corrected chi connectivity index (χ4v) is 4.78. The predicted molar refractivity (Wildman–Crippen MR) is 142 cm³/mol. The van der Waals surface area contributed by atoms with Crippen LogP contribution < -0.4 is 28.6 Å². The predicted octanol–water partition coefficient (Wildman–Crippen LogP) is 4.32. The lowest BCUT2D eigenvalue weighted by Gasteiger charge is -2.27. The molecule has 0 heterocycles. The van der Waals surface area contributed by atoms with Crippen LogP contribution in [0.5, 0.6) is 23.0 Å². The van der Waals surface area contributed by atoms with Crippen LogP contribution in [0.15, 0.2) is 54.6 Å². The van der Waals surface area contributed by atoms with E-state index < -0.39 is 27.8 Å². The quantitative estimate of drug-likeness (QED) is 0.382. The van der Waals surface area contributed by atoms with Crippen LogP contribution in [-0.4, -0.2) is 49.0 Å². The van der Waals surface area contributed by atoms with Gasteiger partial charge >= 0.3 is 0 Å². The first-order valence-corrected chi connectivity index (χ1v) is 13.4. The maximum absolute atomic E-state index is 14.5. The zero-order valence-corrected chi connectivity index (χ0v) is 22.9. The van der Waals surface area contributed by atoms with Gasteiger partial charge in [0.05, 0.1) is 58.5 Å². The monoisotopic (exact) mass is 546 g/mol. The molecule has 1 N–H and O–H groups in total. The molecule has 0 bridgehead atoms. The molecule has 3 aromatic carbocycles. The van der Waals surface area contributed by atoms with Crippen LogP contribution in [-0.2, 0) is 16.6 Å². The highest BCUT2D eigenvalue weighted by molar-refractivity contribution is 7.92. The van der Waals surface area contributed by atoms with Crippen molar-refractivity contribution < 1.29 is 36.6 Å². The standard InChI is InChI=1S/C27H31FN2O7S/c1-17(18-11-12-23(34-2)24(13-18)35-3)29-27(31)20-14-25(36-4)26(37-5)15-22(20)30(38(6,32)33)16-19-9-7-8-10-21(19)28/h7-15,17H,16H2,1-6H3,(H,29,31). The van der Waals surface area contributed by atoms with Crippen LogP contribution in [0, 0.1) is 5.82 Å². The fourth-order valence-electron chi connectivity index (χ4n) is 3.90. The van der Waals surface area contributed by atoms with Gasteiger partial charge < -0.3 is 24.3 Å². The summed E-state index contributed by atoms with van der Waals surface area (Å²) in [6.07, 6.45) is 0.985. The van der Waals surface area contributed by atoms with Crippen molar-refractivity contribution in [3.8, 4) is 23.0 Å². The van der Waals surface area contributed by atoms with Crippen LogP contribution >= 0.6 is 0 Å². The van der Waals surface area contributed by atoms with Crippen LogP contribution in [0.4, 0.5) is 10.1 Å². The Morgan fingerprint density at radius 3 is 2.05 bits per heavy atom. The van der Waals surface area contributed by atoms with Gasteiger partial charge in [0.25, 0.3) is 5.91 Å². The van der Waals surface area contributed by atoms with Gasteiger partial charge in [0, 0.05) is 11.6 Å². The molecule has 0 aliphatic carbocycles. The number of hydrogen-bond donors (Lipinski definition) is 1. The van der Waals surface area contributed by atoms with E-state index in [9.17, 15) is 17.6 Å². The molecule has 9 nitrogen and oxygen atoms in total. The number of carbonyl (C=O) groups is 1. The number of rotatable bonds is 11. The maximum atomic E-state index is 14.5. The summed E-state index contributed by atoms with van der Waals surface area (Å²) in [5, 5.41) is 2.88. The molecule has 3 aromatic rings. The van der Waals surface area contributed by atoms with Crippen molar-refractivity contribution in [2.45, 2.75) is 19.5 Å². The number of nitrogens with one attached hydrogen (secondary N) is 1. The number of amides is 1. The van der Waals surface area contributed by atoms with Crippen LogP contribution in [0.2, 0.25) is 0 Å². The summed E-state index contributed by atoms with van der Waals surface area (Å²) in [5.41, 5.74) is 0.865. The van der Waals surface area contributed by atoms with E-state index in [1.165, 1.54) is 58.8 Å². The minimum Gasteiger partial charge on any atom is -0.493 e. The lowest BCUT2D eigenvalue weighted by molar-refractivity contribution is 0.0940. The number of halogens is 1. The maximum Gasteiger partial charge on any atom is 0.254 e. The number of benzene rings is 3. The number of carbonyl (C=O) groups excluding carboxylic acids is 1. The Morgan fingerprint density at radius 2 is 1.47 bits per heavy atom. The molecule has 0 fully saturated rings.